The van der Waals surface area contributed by atoms with Crippen LogP contribution in [0.3, 0.4) is 0 Å². The molecule has 3 aliphatic heterocycles. The number of morpholine rings is 1. The highest BCUT2D eigenvalue weighted by Gasteiger charge is 2.42. The van der Waals surface area contributed by atoms with E-state index in [2.05, 4.69) is 6.58 Å². The maximum absolute atomic E-state index is 15.2. The summed E-state index contributed by atoms with van der Waals surface area (Å²) in [5.74, 6) is -0.320. The average molecular weight is 545 g/mol. The number of benzene rings is 1. The second kappa shape index (κ2) is 10.4. The van der Waals surface area contributed by atoms with Gasteiger partial charge in [0.25, 0.3) is 5.91 Å². The van der Waals surface area contributed by atoms with Crippen LogP contribution >= 0.6 is 11.6 Å². The first-order valence-corrected chi connectivity index (χ1v) is 12.9. The lowest BCUT2D eigenvalue weighted by molar-refractivity contribution is -0.128. The Kier molecular flexibility index (Phi) is 7.19. The van der Waals surface area contributed by atoms with Gasteiger partial charge in [0.15, 0.2) is 5.75 Å². The van der Waals surface area contributed by atoms with Crippen LogP contribution in [0.15, 0.2) is 30.9 Å². The fourth-order valence-corrected chi connectivity index (χ4v) is 5.74. The lowest BCUT2D eigenvalue weighted by atomic mass is 10.0. The number of anilines is 1. The lowest BCUT2D eigenvalue weighted by Crippen LogP contribution is -2.57. The van der Waals surface area contributed by atoms with Gasteiger partial charge in [-0.2, -0.15) is 0 Å². The van der Waals surface area contributed by atoms with Crippen molar-refractivity contribution in [1.29, 1.82) is 0 Å². The molecule has 1 aromatic carbocycles. The summed E-state index contributed by atoms with van der Waals surface area (Å²) >= 11 is 6.88. The number of hydrogen-bond donors (Lipinski definition) is 0. The van der Waals surface area contributed by atoms with Crippen molar-refractivity contribution < 1.29 is 28.2 Å². The van der Waals surface area contributed by atoms with Crippen LogP contribution < -0.4 is 14.4 Å². The van der Waals surface area contributed by atoms with Gasteiger partial charge in [-0.15, -0.1) is 0 Å². The largest absolute Gasteiger partial charge is 0.496 e. The van der Waals surface area contributed by atoms with Gasteiger partial charge >= 0.3 is 0 Å². The molecule has 3 atom stereocenters. The highest BCUT2D eigenvalue weighted by Crippen LogP contribution is 2.46. The van der Waals surface area contributed by atoms with Gasteiger partial charge in [0.1, 0.15) is 40.3 Å². The molecule has 5 rings (SSSR count). The topological polar surface area (TPSA) is 84.4 Å². The number of aromatic nitrogens is 1. The molecule has 2 aromatic rings. The second-order valence-corrected chi connectivity index (χ2v) is 10.1. The number of fused-ring (bicyclic) bond motifs is 2. The van der Waals surface area contributed by atoms with Crippen molar-refractivity contribution in [3.63, 3.8) is 0 Å². The molecule has 0 saturated carbocycles. The molecule has 4 heterocycles. The standard InChI is InChI=1S/C27H30ClFN4O5/c1-5-20(34)31-9-10-32-17(11-31)14-38-25-22(27(32)35)26(33-15(2)12-37-13-16(33)3)30-24(23(25)28)21-18(29)7-6-8-19(21)36-4/h5-8,15-17H,1,9-14H2,2-4H3/t15?,16?,17-/m1/s1. The maximum Gasteiger partial charge on any atom is 0.261 e. The normalized spacial score (nSPS) is 23.2. The van der Waals surface area contributed by atoms with E-state index in [4.69, 9.17) is 30.8 Å². The SMILES string of the molecule is C=CC(=O)N1CCN2C(=O)c3c(N4C(C)COCC4C)nc(-c4c(F)cccc4OC)c(Cl)c3OC[C@H]2C1. The number of methoxy groups -OCH3 is 1. The van der Waals surface area contributed by atoms with Crippen molar-refractivity contribution in [3.05, 3.63) is 47.3 Å². The number of amides is 2. The molecule has 1 aromatic heterocycles. The summed E-state index contributed by atoms with van der Waals surface area (Å²) in [7, 11) is 1.44. The molecular weight excluding hydrogens is 515 g/mol. The van der Waals surface area contributed by atoms with Crippen LogP contribution in [-0.4, -0.2) is 91.3 Å². The van der Waals surface area contributed by atoms with Crippen LogP contribution in [-0.2, 0) is 9.53 Å². The number of rotatable bonds is 4. The number of carbonyl (C=O) groups is 2. The molecule has 0 spiro atoms. The number of ether oxygens (including phenoxy) is 3. The maximum atomic E-state index is 15.2. The molecule has 0 radical (unpaired) electrons. The van der Waals surface area contributed by atoms with E-state index in [9.17, 15) is 9.59 Å². The summed E-state index contributed by atoms with van der Waals surface area (Å²) in [6.07, 6.45) is 1.26. The Bertz CT molecular complexity index is 1280. The third-order valence-corrected chi connectivity index (χ3v) is 7.63. The Balaban J connectivity index is 1.70. The summed E-state index contributed by atoms with van der Waals surface area (Å²) in [6, 6.07) is 3.82. The van der Waals surface area contributed by atoms with E-state index in [0.717, 1.165) is 0 Å². The summed E-state index contributed by atoms with van der Waals surface area (Å²) in [4.78, 5) is 36.6. The van der Waals surface area contributed by atoms with E-state index < -0.39 is 11.9 Å². The van der Waals surface area contributed by atoms with Crippen molar-refractivity contribution in [1.82, 2.24) is 14.8 Å². The van der Waals surface area contributed by atoms with Crippen LogP contribution in [0.25, 0.3) is 11.3 Å². The van der Waals surface area contributed by atoms with Crippen LogP contribution in [0.2, 0.25) is 5.02 Å². The Labute approximate surface area is 225 Å². The zero-order valence-corrected chi connectivity index (χ0v) is 22.3. The number of carbonyl (C=O) groups excluding carboxylic acids is 2. The van der Waals surface area contributed by atoms with Gasteiger partial charge < -0.3 is 28.9 Å². The average Bonchev–Trinajstić information content (AvgIpc) is 3.06. The Morgan fingerprint density at radius 1 is 1.21 bits per heavy atom. The molecule has 38 heavy (non-hydrogen) atoms. The zero-order valence-electron chi connectivity index (χ0n) is 21.6. The molecule has 0 bridgehead atoms. The van der Waals surface area contributed by atoms with Crippen LogP contribution in [0.4, 0.5) is 10.2 Å². The fourth-order valence-electron chi connectivity index (χ4n) is 5.45. The van der Waals surface area contributed by atoms with Gasteiger partial charge in [-0.05, 0) is 32.1 Å². The first-order valence-electron chi connectivity index (χ1n) is 12.5. The van der Waals surface area contributed by atoms with Crippen molar-refractivity contribution >= 4 is 29.2 Å². The number of piperazine rings is 1. The summed E-state index contributed by atoms with van der Waals surface area (Å²) in [5.41, 5.74) is 0.427. The van der Waals surface area contributed by atoms with E-state index >= 15 is 4.39 Å². The first kappa shape index (κ1) is 26.2. The van der Waals surface area contributed by atoms with E-state index in [0.29, 0.717) is 38.7 Å². The smallest absolute Gasteiger partial charge is 0.261 e. The Hall–Kier alpha value is -3.37. The van der Waals surface area contributed by atoms with E-state index in [-0.39, 0.29) is 63.8 Å². The third kappa shape index (κ3) is 4.35. The second-order valence-electron chi connectivity index (χ2n) is 9.71. The predicted octanol–water partition coefficient (Wildman–Crippen LogP) is 3.39. The summed E-state index contributed by atoms with van der Waals surface area (Å²) < 4.78 is 32.6. The van der Waals surface area contributed by atoms with Gasteiger partial charge in [-0.3, -0.25) is 9.59 Å². The van der Waals surface area contributed by atoms with Crippen molar-refractivity contribution in [3.8, 4) is 22.8 Å². The van der Waals surface area contributed by atoms with Crippen molar-refractivity contribution in [2.24, 2.45) is 0 Å². The minimum Gasteiger partial charge on any atom is -0.496 e. The zero-order chi connectivity index (χ0) is 27.1. The van der Waals surface area contributed by atoms with Gasteiger partial charge in [-0.25, -0.2) is 9.37 Å². The van der Waals surface area contributed by atoms with E-state index in [1.54, 1.807) is 15.9 Å². The molecule has 2 unspecified atom stereocenters. The van der Waals surface area contributed by atoms with Crippen LogP contribution in [0, 0.1) is 5.82 Å². The summed E-state index contributed by atoms with van der Waals surface area (Å²) in [5, 5.41) is 0.0212. The lowest BCUT2D eigenvalue weighted by Gasteiger charge is -2.42. The highest BCUT2D eigenvalue weighted by molar-refractivity contribution is 6.35. The molecule has 0 aliphatic carbocycles. The molecule has 0 N–H and O–H groups in total. The first-order chi connectivity index (χ1) is 18.3. The van der Waals surface area contributed by atoms with Crippen LogP contribution in [0.5, 0.6) is 11.5 Å². The summed E-state index contributed by atoms with van der Waals surface area (Å²) in [6.45, 7) is 9.48. The predicted molar refractivity (Wildman–Crippen MR) is 141 cm³/mol. The van der Waals surface area contributed by atoms with Gasteiger partial charge in [0.05, 0.1) is 44.0 Å². The monoisotopic (exact) mass is 544 g/mol. The molecule has 3 aliphatic rings. The molecular formula is C27H30ClFN4O5. The minimum absolute atomic E-state index is 0.0212. The molecule has 2 fully saturated rings. The van der Waals surface area contributed by atoms with E-state index in [1.165, 1.54) is 25.3 Å². The highest BCUT2D eigenvalue weighted by atomic mass is 35.5. The van der Waals surface area contributed by atoms with E-state index in [1.807, 2.05) is 18.7 Å². The number of hydrogen-bond acceptors (Lipinski definition) is 7. The van der Waals surface area contributed by atoms with Gasteiger partial charge in [0.2, 0.25) is 5.91 Å². The molecule has 2 saturated heterocycles. The third-order valence-electron chi connectivity index (χ3n) is 7.28. The Morgan fingerprint density at radius 3 is 2.63 bits per heavy atom. The quantitative estimate of drug-likeness (QED) is 0.545. The van der Waals surface area contributed by atoms with Crippen LogP contribution in [0.1, 0.15) is 24.2 Å². The van der Waals surface area contributed by atoms with Crippen molar-refractivity contribution in [2.45, 2.75) is 32.0 Å². The number of nitrogens with zero attached hydrogens (tertiary/aromatic N) is 4. The molecule has 2 amide bonds. The molecule has 11 heteroatoms. The fraction of sp³-hybridized carbons (Fsp3) is 0.444. The molecule has 9 nitrogen and oxygen atoms in total. The van der Waals surface area contributed by atoms with Gasteiger partial charge in [-0.1, -0.05) is 24.2 Å². The van der Waals surface area contributed by atoms with Gasteiger partial charge in [0, 0.05) is 19.6 Å². The minimum atomic E-state index is -0.566. The number of halogens is 2. The van der Waals surface area contributed by atoms with Crippen molar-refractivity contribution in [2.75, 3.05) is 51.5 Å². The number of pyridine rings is 1. The Morgan fingerprint density at radius 2 is 1.95 bits per heavy atom. The molecule has 202 valence electrons.